The standard InChI is InChI=1S/C17H22ClNO/c18-16(8-5-12-3-1-2-4-12)14-7-6-13-9-10-19-17(20)15(13)11-14/h6-7,11-12,16H,1-5,8-10H2,(H,19,20). The van der Waals surface area contributed by atoms with Crippen molar-refractivity contribution in [2.24, 2.45) is 5.92 Å². The van der Waals surface area contributed by atoms with Crippen molar-refractivity contribution in [3.05, 3.63) is 34.9 Å². The van der Waals surface area contributed by atoms with Crippen LogP contribution in [-0.4, -0.2) is 12.5 Å². The lowest BCUT2D eigenvalue weighted by molar-refractivity contribution is 0.0946. The van der Waals surface area contributed by atoms with Crippen molar-refractivity contribution in [2.45, 2.75) is 50.3 Å². The molecule has 1 fully saturated rings. The van der Waals surface area contributed by atoms with Gasteiger partial charge in [-0.1, -0.05) is 37.8 Å². The van der Waals surface area contributed by atoms with Gasteiger partial charge in [0, 0.05) is 12.1 Å². The van der Waals surface area contributed by atoms with Gasteiger partial charge in [0.2, 0.25) is 0 Å². The van der Waals surface area contributed by atoms with Crippen LogP contribution in [0.1, 0.15) is 65.4 Å². The van der Waals surface area contributed by atoms with Crippen LogP contribution in [0.2, 0.25) is 0 Å². The van der Waals surface area contributed by atoms with E-state index in [-0.39, 0.29) is 11.3 Å². The van der Waals surface area contributed by atoms with E-state index in [1.165, 1.54) is 32.1 Å². The molecule has 0 bridgehead atoms. The average Bonchev–Trinajstić information content (AvgIpc) is 2.98. The fraction of sp³-hybridized carbons (Fsp3) is 0.588. The molecule has 1 aliphatic carbocycles. The van der Waals surface area contributed by atoms with Crippen LogP contribution in [0.15, 0.2) is 18.2 Å². The van der Waals surface area contributed by atoms with E-state index < -0.39 is 0 Å². The third-order valence-corrected chi connectivity index (χ3v) is 5.19. The summed E-state index contributed by atoms with van der Waals surface area (Å²) in [6, 6.07) is 6.17. The Labute approximate surface area is 125 Å². The zero-order valence-corrected chi connectivity index (χ0v) is 12.6. The van der Waals surface area contributed by atoms with Gasteiger partial charge in [-0.3, -0.25) is 4.79 Å². The normalized spacial score (nSPS) is 20.6. The largest absolute Gasteiger partial charge is 0.352 e. The monoisotopic (exact) mass is 291 g/mol. The number of nitrogens with one attached hydrogen (secondary N) is 1. The molecule has 1 heterocycles. The second-order valence-electron chi connectivity index (χ2n) is 6.12. The summed E-state index contributed by atoms with van der Waals surface area (Å²) in [7, 11) is 0. The highest BCUT2D eigenvalue weighted by molar-refractivity contribution is 6.20. The van der Waals surface area contributed by atoms with Crippen LogP contribution >= 0.6 is 11.6 Å². The molecule has 1 N–H and O–H groups in total. The van der Waals surface area contributed by atoms with Crippen molar-refractivity contribution in [1.82, 2.24) is 5.32 Å². The van der Waals surface area contributed by atoms with Crippen LogP contribution in [0.5, 0.6) is 0 Å². The van der Waals surface area contributed by atoms with Gasteiger partial charge in [0.25, 0.3) is 5.91 Å². The first-order chi connectivity index (χ1) is 9.74. The van der Waals surface area contributed by atoms with E-state index in [0.29, 0.717) is 0 Å². The summed E-state index contributed by atoms with van der Waals surface area (Å²) >= 11 is 6.54. The Morgan fingerprint density at radius 3 is 2.90 bits per heavy atom. The Morgan fingerprint density at radius 2 is 2.10 bits per heavy atom. The number of hydrogen-bond donors (Lipinski definition) is 1. The number of alkyl halides is 1. The molecule has 20 heavy (non-hydrogen) atoms. The Balaban J connectivity index is 1.66. The number of rotatable bonds is 4. The van der Waals surface area contributed by atoms with Crippen molar-refractivity contribution in [1.29, 1.82) is 0 Å². The quantitative estimate of drug-likeness (QED) is 0.827. The summed E-state index contributed by atoms with van der Waals surface area (Å²) in [5, 5.41) is 2.94. The van der Waals surface area contributed by atoms with E-state index in [9.17, 15) is 4.79 Å². The molecule has 0 aromatic heterocycles. The maximum absolute atomic E-state index is 11.9. The van der Waals surface area contributed by atoms with Gasteiger partial charge in [0.1, 0.15) is 0 Å². The van der Waals surface area contributed by atoms with Crippen molar-refractivity contribution >= 4 is 17.5 Å². The van der Waals surface area contributed by atoms with Gasteiger partial charge in [0.05, 0.1) is 5.38 Å². The minimum Gasteiger partial charge on any atom is -0.352 e. The SMILES string of the molecule is O=C1NCCc2ccc(C(Cl)CCC3CCCC3)cc21. The van der Waals surface area contributed by atoms with E-state index in [0.717, 1.165) is 42.0 Å². The van der Waals surface area contributed by atoms with Crippen molar-refractivity contribution < 1.29 is 4.79 Å². The Bertz CT molecular complexity index is 494. The average molecular weight is 292 g/mol. The molecular formula is C17H22ClNO. The van der Waals surface area contributed by atoms with Crippen molar-refractivity contribution in [2.75, 3.05) is 6.54 Å². The van der Waals surface area contributed by atoms with E-state index in [4.69, 9.17) is 11.6 Å². The van der Waals surface area contributed by atoms with Gasteiger partial charge in [0.15, 0.2) is 0 Å². The minimum atomic E-state index is 0.0376. The van der Waals surface area contributed by atoms with Gasteiger partial charge in [-0.25, -0.2) is 0 Å². The summed E-state index contributed by atoms with van der Waals surface area (Å²) in [5.74, 6) is 0.921. The molecule has 2 nitrogen and oxygen atoms in total. The number of fused-ring (bicyclic) bond motifs is 1. The first kappa shape index (κ1) is 13.9. The molecule has 2 aliphatic rings. The maximum atomic E-state index is 11.9. The van der Waals surface area contributed by atoms with Crippen LogP contribution in [0, 0.1) is 5.92 Å². The molecule has 108 valence electrons. The lowest BCUT2D eigenvalue weighted by atomic mass is 9.94. The summed E-state index contributed by atoms with van der Waals surface area (Å²) in [6.07, 6.45) is 8.68. The Hall–Kier alpha value is -1.02. The van der Waals surface area contributed by atoms with Crippen LogP contribution in [0.25, 0.3) is 0 Å². The van der Waals surface area contributed by atoms with Gasteiger partial charge in [-0.05, 0) is 42.4 Å². The van der Waals surface area contributed by atoms with E-state index in [2.05, 4.69) is 17.4 Å². The van der Waals surface area contributed by atoms with Gasteiger partial charge in [-0.15, -0.1) is 11.6 Å². The zero-order valence-electron chi connectivity index (χ0n) is 11.8. The third kappa shape index (κ3) is 3.01. The van der Waals surface area contributed by atoms with Crippen LogP contribution in [0.4, 0.5) is 0 Å². The number of benzene rings is 1. The Kier molecular flexibility index (Phi) is 4.30. The summed E-state index contributed by atoms with van der Waals surface area (Å²) in [6.45, 7) is 0.747. The maximum Gasteiger partial charge on any atom is 0.251 e. The zero-order chi connectivity index (χ0) is 13.9. The lowest BCUT2D eigenvalue weighted by Crippen LogP contribution is -2.31. The predicted molar refractivity (Wildman–Crippen MR) is 82.3 cm³/mol. The second kappa shape index (κ2) is 6.17. The molecule has 1 atom stereocenters. The molecule has 0 radical (unpaired) electrons. The molecule has 3 rings (SSSR count). The Morgan fingerprint density at radius 1 is 1.30 bits per heavy atom. The summed E-state index contributed by atoms with van der Waals surface area (Å²) in [4.78, 5) is 11.9. The van der Waals surface area contributed by atoms with Crippen LogP contribution in [0.3, 0.4) is 0 Å². The lowest BCUT2D eigenvalue weighted by Gasteiger charge is -2.19. The third-order valence-electron chi connectivity index (χ3n) is 4.72. The molecule has 1 unspecified atom stereocenters. The van der Waals surface area contributed by atoms with E-state index in [1.54, 1.807) is 0 Å². The first-order valence-electron chi connectivity index (χ1n) is 7.79. The molecule has 0 spiro atoms. The number of hydrogen-bond acceptors (Lipinski definition) is 1. The number of carbonyl (C=O) groups is 1. The topological polar surface area (TPSA) is 29.1 Å². The van der Waals surface area contributed by atoms with Crippen molar-refractivity contribution in [3.63, 3.8) is 0 Å². The molecular weight excluding hydrogens is 270 g/mol. The highest BCUT2D eigenvalue weighted by Crippen LogP contribution is 2.34. The van der Waals surface area contributed by atoms with E-state index in [1.807, 2.05) is 6.07 Å². The van der Waals surface area contributed by atoms with Crippen LogP contribution in [-0.2, 0) is 6.42 Å². The predicted octanol–water partition coefficient (Wildman–Crippen LogP) is 4.22. The minimum absolute atomic E-state index is 0.0376. The fourth-order valence-electron chi connectivity index (χ4n) is 3.47. The smallest absolute Gasteiger partial charge is 0.251 e. The van der Waals surface area contributed by atoms with Crippen molar-refractivity contribution in [3.8, 4) is 0 Å². The molecule has 0 saturated heterocycles. The number of halogens is 1. The molecule has 1 aromatic rings. The number of amides is 1. The second-order valence-corrected chi connectivity index (χ2v) is 6.64. The molecule has 1 saturated carbocycles. The highest BCUT2D eigenvalue weighted by Gasteiger charge is 2.20. The van der Waals surface area contributed by atoms with Crippen LogP contribution < -0.4 is 5.32 Å². The summed E-state index contributed by atoms with van der Waals surface area (Å²) in [5.41, 5.74) is 3.07. The van der Waals surface area contributed by atoms with E-state index >= 15 is 0 Å². The van der Waals surface area contributed by atoms with Gasteiger partial charge in [-0.2, -0.15) is 0 Å². The van der Waals surface area contributed by atoms with Gasteiger partial charge < -0.3 is 5.32 Å². The number of carbonyl (C=O) groups excluding carboxylic acids is 1. The molecule has 1 aromatic carbocycles. The summed E-state index contributed by atoms with van der Waals surface area (Å²) < 4.78 is 0. The molecule has 1 aliphatic heterocycles. The fourth-order valence-corrected chi connectivity index (χ4v) is 3.73. The highest BCUT2D eigenvalue weighted by atomic mass is 35.5. The van der Waals surface area contributed by atoms with Gasteiger partial charge >= 0.3 is 0 Å². The molecule has 3 heteroatoms. The molecule has 1 amide bonds. The first-order valence-corrected chi connectivity index (χ1v) is 8.23.